The first-order valence-electron chi connectivity index (χ1n) is 8.25. The van der Waals surface area contributed by atoms with Crippen molar-refractivity contribution >= 4 is 16.9 Å². The van der Waals surface area contributed by atoms with Crippen LogP contribution in [0.4, 0.5) is 0 Å². The van der Waals surface area contributed by atoms with Crippen LogP contribution in [0.5, 0.6) is 0 Å². The Hall–Kier alpha value is -2.96. The second-order valence-electron chi connectivity index (χ2n) is 6.34. The molecule has 25 heavy (non-hydrogen) atoms. The molecule has 0 saturated carbocycles. The van der Waals surface area contributed by atoms with Crippen molar-refractivity contribution in [2.75, 3.05) is 0 Å². The molecular weight excluding hydrogens is 318 g/mol. The summed E-state index contributed by atoms with van der Waals surface area (Å²) in [6.45, 7) is 6.10. The molecule has 3 rings (SSSR count). The molecule has 0 atom stereocenters. The first-order chi connectivity index (χ1) is 12.0. The second kappa shape index (κ2) is 6.88. The van der Waals surface area contributed by atoms with Crippen LogP contribution < -0.4 is 10.9 Å². The first kappa shape index (κ1) is 16.9. The van der Waals surface area contributed by atoms with Gasteiger partial charge in [0.05, 0.1) is 18.2 Å². The van der Waals surface area contributed by atoms with Gasteiger partial charge >= 0.3 is 0 Å². The number of benzene rings is 1. The molecule has 0 bridgehead atoms. The molecule has 0 unspecified atom stereocenters. The smallest absolute Gasteiger partial charge is 0.264 e. The van der Waals surface area contributed by atoms with Crippen molar-refractivity contribution in [2.24, 2.45) is 0 Å². The zero-order chi connectivity index (χ0) is 18.0. The number of hydrogen-bond donors (Lipinski definition) is 1. The van der Waals surface area contributed by atoms with Gasteiger partial charge in [-0.05, 0) is 32.9 Å². The van der Waals surface area contributed by atoms with Gasteiger partial charge in [-0.3, -0.25) is 14.2 Å². The summed E-state index contributed by atoms with van der Waals surface area (Å²) in [5.41, 5.74) is 2.31. The number of amides is 1. The Morgan fingerprint density at radius 1 is 1.24 bits per heavy atom. The standard InChI is InChI=1S/C18H21N5O2/c1-12(2)21-16(24)8-9-22-11-19-17-15(18(22)25)10-20-23(17)14-6-4-13(3)5-7-14/h4-7,10-12H,8-9H2,1-3H3,(H,21,24). The lowest BCUT2D eigenvalue weighted by Crippen LogP contribution is -2.32. The third-order valence-electron chi connectivity index (χ3n) is 3.86. The van der Waals surface area contributed by atoms with Gasteiger partial charge in [0.15, 0.2) is 5.65 Å². The van der Waals surface area contributed by atoms with Crippen LogP contribution in [-0.4, -0.2) is 31.3 Å². The van der Waals surface area contributed by atoms with Crippen molar-refractivity contribution in [3.05, 3.63) is 52.7 Å². The normalized spacial score (nSPS) is 11.2. The molecule has 0 saturated heterocycles. The molecule has 0 fully saturated rings. The summed E-state index contributed by atoms with van der Waals surface area (Å²) in [6.07, 6.45) is 3.23. The fourth-order valence-corrected chi connectivity index (χ4v) is 2.60. The maximum absolute atomic E-state index is 12.6. The topological polar surface area (TPSA) is 81.8 Å². The molecule has 0 aliphatic carbocycles. The van der Waals surface area contributed by atoms with Gasteiger partial charge < -0.3 is 5.32 Å². The Morgan fingerprint density at radius 2 is 1.96 bits per heavy atom. The van der Waals surface area contributed by atoms with E-state index in [1.165, 1.54) is 17.1 Å². The van der Waals surface area contributed by atoms with E-state index in [4.69, 9.17) is 0 Å². The SMILES string of the molecule is Cc1ccc(-n2ncc3c(=O)n(CCC(=O)NC(C)C)cnc32)cc1. The predicted octanol–water partition coefficient (Wildman–Crippen LogP) is 1.81. The monoisotopic (exact) mass is 339 g/mol. The quantitative estimate of drug-likeness (QED) is 0.768. The van der Waals surface area contributed by atoms with E-state index in [1.807, 2.05) is 45.0 Å². The van der Waals surface area contributed by atoms with Gasteiger partial charge in [-0.2, -0.15) is 5.10 Å². The van der Waals surface area contributed by atoms with Crippen LogP contribution in [0.2, 0.25) is 0 Å². The van der Waals surface area contributed by atoms with Crippen molar-refractivity contribution < 1.29 is 4.79 Å². The lowest BCUT2D eigenvalue weighted by atomic mass is 10.2. The summed E-state index contributed by atoms with van der Waals surface area (Å²) in [4.78, 5) is 28.7. The molecular formula is C18H21N5O2. The largest absolute Gasteiger partial charge is 0.354 e. The minimum absolute atomic E-state index is 0.0811. The highest BCUT2D eigenvalue weighted by molar-refractivity contribution is 5.76. The summed E-state index contributed by atoms with van der Waals surface area (Å²) in [6, 6.07) is 7.92. The van der Waals surface area contributed by atoms with Gasteiger partial charge in [-0.15, -0.1) is 0 Å². The van der Waals surface area contributed by atoms with Crippen molar-refractivity contribution in [3.8, 4) is 5.69 Å². The summed E-state index contributed by atoms with van der Waals surface area (Å²) in [5.74, 6) is -0.0858. The van der Waals surface area contributed by atoms with Crippen molar-refractivity contribution in [1.29, 1.82) is 0 Å². The van der Waals surface area contributed by atoms with Gasteiger partial charge in [0.25, 0.3) is 5.56 Å². The lowest BCUT2D eigenvalue weighted by molar-refractivity contribution is -0.121. The summed E-state index contributed by atoms with van der Waals surface area (Å²) in [5, 5.41) is 7.54. The summed E-state index contributed by atoms with van der Waals surface area (Å²) < 4.78 is 3.09. The molecule has 1 aromatic carbocycles. The van der Waals surface area contributed by atoms with Gasteiger partial charge in [0, 0.05) is 19.0 Å². The number of rotatable bonds is 5. The highest BCUT2D eigenvalue weighted by Gasteiger charge is 2.12. The molecule has 0 radical (unpaired) electrons. The number of carbonyl (C=O) groups is 1. The third kappa shape index (κ3) is 3.60. The van der Waals surface area contributed by atoms with Crippen LogP contribution in [0.3, 0.4) is 0 Å². The third-order valence-corrected chi connectivity index (χ3v) is 3.86. The molecule has 0 spiro atoms. The molecule has 3 aromatic rings. The molecule has 0 aliphatic heterocycles. The van der Waals surface area contributed by atoms with Gasteiger partial charge in [-0.1, -0.05) is 17.7 Å². The van der Waals surface area contributed by atoms with Crippen molar-refractivity contribution in [1.82, 2.24) is 24.6 Å². The average molecular weight is 339 g/mol. The van der Waals surface area contributed by atoms with Gasteiger partial charge in [-0.25, -0.2) is 9.67 Å². The average Bonchev–Trinajstić information content (AvgIpc) is 2.99. The number of hydrogen-bond acceptors (Lipinski definition) is 4. The number of aromatic nitrogens is 4. The van der Waals surface area contributed by atoms with E-state index in [0.29, 0.717) is 11.0 Å². The number of fused-ring (bicyclic) bond motifs is 1. The Kier molecular flexibility index (Phi) is 4.65. The zero-order valence-corrected chi connectivity index (χ0v) is 14.6. The summed E-state index contributed by atoms with van der Waals surface area (Å²) >= 11 is 0. The maximum atomic E-state index is 12.6. The maximum Gasteiger partial charge on any atom is 0.264 e. The number of aryl methyl sites for hydroxylation is 2. The van der Waals surface area contributed by atoms with E-state index < -0.39 is 0 Å². The molecule has 7 heteroatoms. The number of nitrogens with one attached hydrogen (secondary N) is 1. The van der Waals surface area contributed by atoms with Crippen LogP contribution in [0.1, 0.15) is 25.8 Å². The van der Waals surface area contributed by atoms with Crippen LogP contribution in [0, 0.1) is 6.92 Å². The van der Waals surface area contributed by atoms with Gasteiger partial charge in [0.2, 0.25) is 5.91 Å². The first-order valence-corrected chi connectivity index (χ1v) is 8.25. The molecule has 130 valence electrons. The van der Waals surface area contributed by atoms with E-state index in [9.17, 15) is 9.59 Å². The molecule has 7 nitrogen and oxygen atoms in total. The Labute approximate surface area is 145 Å². The van der Waals surface area contributed by atoms with Crippen molar-refractivity contribution in [2.45, 2.75) is 39.8 Å². The number of carbonyl (C=O) groups excluding carboxylic acids is 1. The van der Waals surface area contributed by atoms with E-state index in [0.717, 1.165) is 11.3 Å². The Morgan fingerprint density at radius 3 is 2.64 bits per heavy atom. The molecule has 1 amide bonds. The zero-order valence-electron chi connectivity index (χ0n) is 14.6. The van der Waals surface area contributed by atoms with E-state index in [1.54, 1.807) is 4.68 Å². The Balaban J connectivity index is 1.88. The van der Waals surface area contributed by atoms with Gasteiger partial charge in [0.1, 0.15) is 5.39 Å². The number of nitrogens with zero attached hydrogens (tertiary/aromatic N) is 4. The molecule has 1 N–H and O–H groups in total. The molecule has 2 aromatic heterocycles. The van der Waals surface area contributed by atoms with E-state index in [-0.39, 0.29) is 30.5 Å². The molecule has 0 aliphatic rings. The minimum Gasteiger partial charge on any atom is -0.354 e. The van der Waals surface area contributed by atoms with Crippen LogP contribution in [0.15, 0.2) is 41.6 Å². The Bertz CT molecular complexity index is 954. The summed E-state index contributed by atoms with van der Waals surface area (Å²) in [7, 11) is 0. The van der Waals surface area contributed by atoms with E-state index >= 15 is 0 Å². The highest BCUT2D eigenvalue weighted by Crippen LogP contribution is 2.14. The fourth-order valence-electron chi connectivity index (χ4n) is 2.60. The minimum atomic E-state index is -0.194. The van der Waals surface area contributed by atoms with Crippen LogP contribution in [0.25, 0.3) is 16.7 Å². The highest BCUT2D eigenvalue weighted by atomic mass is 16.2. The molecule has 2 heterocycles. The van der Waals surface area contributed by atoms with Crippen LogP contribution >= 0.6 is 0 Å². The van der Waals surface area contributed by atoms with Crippen molar-refractivity contribution in [3.63, 3.8) is 0 Å². The fraction of sp³-hybridized carbons (Fsp3) is 0.333. The predicted molar refractivity (Wildman–Crippen MR) is 95.8 cm³/mol. The second-order valence-corrected chi connectivity index (χ2v) is 6.34. The lowest BCUT2D eigenvalue weighted by Gasteiger charge is -2.09. The van der Waals surface area contributed by atoms with E-state index in [2.05, 4.69) is 15.4 Å². The van der Waals surface area contributed by atoms with Crippen LogP contribution in [-0.2, 0) is 11.3 Å².